The van der Waals surface area contributed by atoms with E-state index >= 15 is 0 Å². The first-order valence-electron chi connectivity index (χ1n) is 7.65. The molecule has 0 aliphatic heterocycles. The van der Waals surface area contributed by atoms with E-state index in [4.69, 9.17) is 4.74 Å². The lowest BCUT2D eigenvalue weighted by Gasteiger charge is -2.21. The van der Waals surface area contributed by atoms with Crippen molar-refractivity contribution in [1.82, 2.24) is 10.6 Å². The fraction of sp³-hybridized carbons (Fsp3) is 0.588. The third-order valence-corrected chi connectivity index (χ3v) is 3.32. The van der Waals surface area contributed by atoms with Crippen molar-refractivity contribution in [1.29, 1.82) is 0 Å². The molecule has 22 heavy (non-hydrogen) atoms. The number of aliphatic imine (C=N–C) groups is 1. The number of nitrogens with one attached hydrogen (secondary N) is 2. The summed E-state index contributed by atoms with van der Waals surface area (Å²) in [7, 11) is 1.79. The van der Waals surface area contributed by atoms with Gasteiger partial charge in [0.2, 0.25) is 0 Å². The Bertz CT molecular complexity index is 461. The largest absolute Gasteiger partial charge is 0.491 e. The van der Waals surface area contributed by atoms with Crippen molar-refractivity contribution in [2.45, 2.75) is 53.3 Å². The van der Waals surface area contributed by atoms with Gasteiger partial charge in [-0.05, 0) is 44.4 Å². The summed E-state index contributed by atoms with van der Waals surface area (Å²) >= 11 is 0. The van der Waals surface area contributed by atoms with Gasteiger partial charge in [0.15, 0.2) is 5.96 Å². The van der Waals surface area contributed by atoms with Crippen LogP contribution < -0.4 is 15.4 Å². The van der Waals surface area contributed by atoms with Crippen LogP contribution in [0.1, 0.15) is 40.2 Å². The second kappa shape index (κ2) is 10.7. The van der Waals surface area contributed by atoms with Gasteiger partial charge in [0, 0.05) is 19.6 Å². The molecule has 0 amide bonds. The average Bonchev–Trinajstić information content (AvgIpc) is 2.42. The van der Waals surface area contributed by atoms with Gasteiger partial charge in [-0.3, -0.25) is 4.99 Å². The highest BCUT2D eigenvalue weighted by molar-refractivity contribution is 14.0. The maximum atomic E-state index is 5.71. The Morgan fingerprint density at radius 3 is 2.41 bits per heavy atom. The molecule has 0 fully saturated rings. The lowest BCUT2D eigenvalue weighted by molar-refractivity contribution is 0.242. The van der Waals surface area contributed by atoms with Crippen molar-refractivity contribution in [2.75, 3.05) is 7.05 Å². The molecular formula is C17H30IN3O. The Kier molecular flexibility index (Phi) is 10.2. The van der Waals surface area contributed by atoms with Crippen molar-refractivity contribution in [3.63, 3.8) is 0 Å². The molecule has 4 nitrogen and oxygen atoms in total. The Balaban J connectivity index is 0.00000441. The maximum absolute atomic E-state index is 5.71. The molecule has 1 atom stereocenters. The number of hydrogen-bond acceptors (Lipinski definition) is 2. The van der Waals surface area contributed by atoms with E-state index in [0.717, 1.165) is 18.3 Å². The molecule has 1 aromatic carbocycles. The highest BCUT2D eigenvalue weighted by atomic mass is 127. The number of ether oxygens (including phenoxy) is 1. The van der Waals surface area contributed by atoms with Gasteiger partial charge in [0.05, 0.1) is 6.10 Å². The summed E-state index contributed by atoms with van der Waals surface area (Å²) in [6.07, 6.45) is 0.189. The van der Waals surface area contributed by atoms with Gasteiger partial charge < -0.3 is 15.4 Å². The maximum Gasteiger partial charge on any atom is 0.191 e. The van der Waals surface area contributed by atoms with Crippen molar-refractivity contribution in [3.05, 3.63) is 29.8 Å². The molecule has 126 valence electrons. The Morgan fingerprint density at radius 1 is 1.18 bits per heavy atom. The topological polar surface area (TPSA) is 45.7 Å². The quantitative estimate of drug-likeness (QED) is 0.419. The van der Waals surface area contributed by atoms with E-state index < -0.39 is 0 Å². The molecule has 1 aromatic rings. The van der Waals surface area contributed by atoms with Gasteiger partial charge in [-0.25, -0.2) is 0 Å². The molecular weight excluding hydrogens is 389 g/mol. The van der Waals surface area contributed by atoms with Crippen LogP contribution in [0.4, 0.5) is 0 Å². The zero-order chi connectivity index (χ0) is 15.8. The minimum absolute atomic E-state index is 0. The monoisotopic (exact) mass is 419 g/mol. The number of guanidine groups is 1. The van der Waals surface area contributed by atoms with Crippen molar-refractivity contribution >= 4 is 29.9 Å². The van der Waals surface area contributed by atoms with Gasteiger partial charge in [-0.15, -0.1) is 24.0 Å². The zero-order valence-corrected chi connectivity index (χ0v) is 16.8. The fourth-order valence-corrected chi connectivity index (χ4v) is 1.76. The lowest BCUT2D eigenvalue weighted by atomic mass is 10.1. The molecule has 1 unspecified atom stereocenters. The molecule has 0 heterocycles. The van der Waals surface area contributed by atoms with Gasteiger partial charge in [0.25, 0.3) is 0 Å². The van der Waals surface area contributed by atoms with Crippen LogP contribution >= 0.6 is 24.0 Å². The van der Waals surface area contributed by atoms with Crippen LogP contribution in [0.3, 0.4) is 0 Å². The smallest absolute Gasteiger partial charge is 0.191 e. The zero-order valence-electron chi connectivity index (χ0n) is 14.5. The van der Waals surface area contributed by atoms with E-state index in [1.54, 1.807) is 7.05 Å². The van der Waals surface area contributed by atoms with Crippen LogP contribution in [0, 0.1) is 5.92 Å². The van der Waals surface area contributed by atoms with Gasteiger partial charge in [-0.1, -0.05) is 26.0 Å². The normalized spacial score (nSPS) is 12.8. The summed E-state index contributed by atoms with van der Waals surface area (Å²) in [6, 6.07) is 8.52. The first-order chi connectivity index (χ1) is 9.92. The molecule has 0 aliphatic carbocycles. The lowest BCUT2D eigenvalue weighted by Crippen LogP contribution is -2.43. The molecule has 0 radical (unpaired) electrons. The predicted molar refractivity (Wildman–Crippen MR) is 105 cm³/mol. The van der Waals surface area contributed by atoms with Crippen molar-refractivity contribution in [3.8, 4) is 5.75 Å². The number of rotatable bonds is 6. The summed E-state index contributed by atoms with van der Waals surface area (Å²) in [5.41, 5.74) is 1.17. The molecule has 0 aromatic heterocycles. The van der Waals surface area contributed by atoms with Gasteiger partial charge in [0.1, 0.15) is 5.75 Å². The number of nitrogens with zero attached hydrogens (tertiary/aromatic N) is 1. The molecule has 0 saturated heterocycles. The van der Waals surface area contributed by atoms with E-state index in [1.165, 1.54) is 5.56 Å². The molecule has 2 N–H and O–H groups in total. The van der Waals surface area contributed by atoms with Crippen LogP contribution in [-0.2, 0) is 6.54 Å². The van der Waals surface area contributed by atoms with E-state index in [2.05, 4.69) is 48.5 Å². The SMILES string of the molecule is CN=C(NCc1cccc(OC(C)C)c1)NC(C)C(C)C.I. The number of benzene rings is 1. The second-order valence-corrected chi connectivity index (χ2v) is 5.92. The van der Waals surface area contributed by atoms with Gasteiger partial charge >= 0.3 is 0 Å². The van der Waals surface area contributed by atoms with E-state index in [1.807, 2.05) is 26.0 Å². The van der Waals surface area contributed by atoms with Gasteiger partial charge in [-0.2, -0.15) is 0 Å². The third-order valence-electron chi connectivity index (χ3n) is 3.32. The molecule has 0 saturated carbocycles. The second-order valence-electron chi connectivity index (χ2n) is 5.92. The summed E-state index contributed by atoms with van der Waals surface area (Å²) in [5, 5.41) is 6.73. The Morgan fingerprint density at radius 2 is 1.86 bits per heavy atom. The number of halogens is 1. The summed E-state index contributed by atoms with van der Waals surface area (Å²) in [6.45, 7) is 11.3. The molecule has 0 bridgehead atoms. The van der Waals surface area contributed by atoms with Crippen LogP contribution in [-0.4, -0.2) is 25.2 Å². The summed E-state index contributed by atoms with van der Waals surface area (Å²) < 4.78 is 5.71. The van der Waals surface area contributed by atoms with Crippen LogP contribution in [0.2, 0.25) is 0 Å². The highest BCUT2D eigenvalue weighted by Gasteiger charge is 2.08. The van der Waals surface area contributed by atoms with Crippen LogP contribution in [0.15, 0.2) is 29.3 Å². The Hall–Kier alpha value is -0.980. The Labute approximate surface area is 152 Å². The molecule has 1 rings (SSSR count). The number of hydrogen-bond donors (Lipinski definition) is 2. The molecule has 0 aliphatic rings. The van der Waals surface area contributed by atoms with E-state index in [9.17, 15) is 0 Å². The fourth-order valence-electron chi connectivity index (χ4n) is 1.76. The predicted octanol–water partition coefficient (Wildman–Crippen LogP) is 3.80. The summed E-state index contributed by atoms with van der Waals surface area (Å²) in [5.74, 6) is 2.29. The highest BCUT2D eigenvalue weighted by Crippen LogP contribution is 2.14. The molecule has 0 spiro atoms. The van der Waals surface area contributed by atoms with Crippen molar-refractivity contribution in [2.24, 2.45) is 10.9 Å². The first kappa shape index (κ1) is 21.0. The summed E-state index contributed by atoms with van der Waals surface area (Å²) in [4.78, 5) is 4.26. The van der Waals surface area contributed by atoms with E-state index in [0.29, 0.717) is 12.0 Å². The average molecular weight is 419 g/mol. The van der Waals surface area contributed by atoms with E-state index in [-0.39, 0.29) is 30.1 Å². The minimum Gasteiger partial charge on any atom is -0.491 e. The minimum atomic E-state index is 0. The van der Waals surface area contributed by atoms with Crippen molar-refractivity contribution < 1.29 is 4.74 Å². The standard InChI is InChI=1S/C17H29N3O.HI/c1-12(2)14(5)20-17(18-6)19-11-15-8-7-9-16(10-15)21-13(3)4;/h7-10,12-14H,11H2,1-6H3,(H2,18,19,20);1H. The first-order valence-corrected chi connectivity index (χ1v) is 7.65. The van der Waals surface area contributed by atoms with Crippen LogP contribution in [0.5, 0.6) is 5.75 Å². The molecule has 5 heteroatoms. The van der Waals surface area contributed by atoms with Crippen LogP contribution in [0.25, 0.3) is 0 Å². The third kappa shape index (κ3) is 7.87.